The predicted molar refractivity (Wildman–Crippen MR) is 89.1 cm³/mol. The van der Waals surface area contributed by atoms with Crippen LogP contribution in [0, 0.1) is 28.1 Å². The van der Waals surface area contributed by atoms with Crippen molar-refractivity contribution in [3.63, 3.8) is 0 Å². The molecule has 0 spiro atoms. The number of nitriles is 2. The lowest BCUT2D eigenvalue weighted by Crippen LogP contribution is -2.22. The zero-order chi connectivity index (χ0) is 17.3. The molecule has 1 aromatic carbocycles. The van der Waals surface area contributed by atoms with Crippen molar-refractivity contribution in [3.05, 3.63) is 64.1 Å². The lowest BCUT2D eigenvalue weighted by Gasteiger charge is -2.27. The van der Waals surface area contributed by atoms with Gasteiger partial charge in [-0.1, -0.05) is 51.1 Å². The van der Waals surface area contributed by atoms with E-state index >= 15 is 0 Å². The van der Waals surface area contributed by atoms with Crippen LogP contribution >= 0.6 is 0 Å². The summed E-state index contributed by atoms with van der Waals surface area (Å²) in [7, 11) is -3.69. The highest BCUT2D eigenvalue weighted by Crippen LogP contribution is 2.42. The number of allylic oxidation sites excluding steroid dienone is 5. The SMILES string of the molecule is CC(C)(C)C1=CC(=C(C#N)C#N)C=C(c2ccccc2)S1(=O)=O. The molecule has 0 aliphatic carbocycles. The van der Waals surface area contributed by atoms with Gasteiger partial charge in [-0.3, -0.25) is 0 Å². The second kappa shape index (κ2) is 5.87. The summed E-state index contributed by atoms with van der Waals surface area (Å²) in [5.74, 6) is 0. The van der Waals surface area contributed by atoms with E-state index in [1.807, 2.05) is 12.1 Å². The Morgan fingerprint density at radius 3 is 2.04 bits per heavy atom. The average Bonchev–Trinajstić information content (AvgIpc) is 2.49. The molecule has 2 rings (SSSR count). The Kier molecular flexibility index (Phi) is 4.27. The van der Waals surface area contributed by atoms with Gasteiger partial charge in [0.15, 0.2) is 0 Å². The highest BCUT2D eigenvalue weighted by Gasteiger charge is 2.36. The van der Waals surface area contributed by atoms with Crippen LogP contribution in [0.15, 0.2) is 58.5 Å². The number of sulfone groups is 1. The Balaban J connectivity index is 2.85. The molecule has 0 N–H and O–H groups in total. The van der Waals surface area contributed by atoms with Gasteiger partial charge < -0.3 is 0 Å². The van der Waals surface area contributed by atoms with Gasteiger partial charge in [0.05, 0.1) is 9.81 Å². The molecule has 0 saturated heterocycles. The topological polar surface area (TPSA) is 81.7 Å². The maximum Gasteiger partial charge on any atom is 0.203 e. The fraction of sp³-hybridized carbons (Fsp3) is 0.222. The van der Waals surface area contributed by atoms with Crippen molar-refractivity contribution in [2.75, 3.05) is 0 Å². The Morgan fingerprint density at radius 1 is 1.00 bits per heavy atom. The second-order valence-corrected chi connectivity index (χ2v) is 8.08. The maximum absolute atomic E-state index is 13.0. The van der Waals surface area contributed by atoms with Gasteiger partial charge in [-0.25, -0.2) is 8.42 Å². The molecule has 0 radical (unpaired) electrons. The minimum atomic E-state index is -3.69. The van der Waals surface area contributed by atoms with Crippen LogP contribution in [0.2, 0.25) is 0 Å². The third-order valence-corrected chi connectivity index (χ3v) is 5.70. The summed E-state index contributed by atoms with van der Waals surface area (Å²) in [5, 5.41) is 18.2. The molecule has 0 fully saturated rings. The predicted octanol–water partition coefficient (Wildman–Crippen LogP) is 3.73. The summed E-state index contributed by atoms with van der Waals surface area (Å²) >= 11 is 0. The third kappa shape index (κ3) is 3.11. The summed E-state index contributed by atoms with van der Waals surface area (Å²) in [5.41, 5.74) is 0.118. The first-order chi connectivity index (χ1) is 10.7. The highest BCUT2D eigenvalue weighted by molar-refractivity contribution is 8.04. The van der Waals surface area contributed by atoms with Crippen molar-refractivity contribution in [1.82, 2.24) is 0 Å². The largest absolute Gasteiger partial charge is 0.219 e. The molecule has 0 atom stereocenters. The van der Waals surface area contributed by atoms with E-state index in [1.54, 1.807) is 51.1 Å². The van der Waals surface area contributed by atoms with Gasteiger partial charge in [-0.2, -0.15) is 10.5 Å². The van der Waals surface area contributed by atoms with E-state index in [1.165, 1.54) is 12.2 Å². The number of nitrogens with zero attached hydrogens (tertiary/aromatic N) is 2. The molecule has 1 heterocycles. The van der Waals surface area contributed by atoms with Gasteiger partial charge in [-0.05, 0) is 23.1 Å². The Labute approximate surface area is 136 Å². The van der Waals surface area contributed by atoms with Crippen LogP contribution in [-0.2, 0) is 9.84 Å². The highest BCUT2D eigenvalue weighted by atomic mass is 32.2. The van der Waals surface area contributed by atoms with Gasteiger partial charge in [0, 0.05) is 5.57 Å². The van der Waals surface area contributed by atoms with Crippen LogP contribution in [0.5, 0.6) is 0 Å². The van der Waals surface area contributed by atoms with Crippen molar-refractivity contribution in [1.29, 1.82) is 10.5 Å². The Hall–Kier alpha value is -2.63. The summed E-state index contributed by atoms with van der Waals surface area (Å²) in [4.78, 5) is 0.313. The Bertz CT molecular complexity index is 898. The molecule has 23 heavy (non-hydrogen) atoms. The molecule has 0 bridgehead atoms. The lowest BCUT2D eigenvalue weighted by molar-refractivity contribution is 0.516. The van der Waals surface area contributed by atoms with Crippen LogP contribution in [-0.4, -0.2) is 8.42 Å². The van der Waals surface area contributed by atoms with Crippen molar-refractivity contribution < 1.29 is 8.42 Å². The molecule has 116 valence electrons. The van der Waals surface area contributed by atoms with Crippen molar-refractivity contribution in [2.24, 2.45) is 5.41 Å². The Morgan fingerprint density at radius 2 is 1.57 bits per heavy atom. The van der Waals surface area contributed by atoms with Crippen LogP contribution in [0.4, 0.5) is 0 Å². The molecule has 0 amide bonds. The molecule has 1 aliphatic heterocycles. The monoisotopic (exact) mass is 324 g/mol. The minimum absolute atomic E-state index is 0.102. The molecule has 1 aliphatic rings. The molecular formula is C18H16N2O2S. The smallest absolute Gasteiger partial charge is 0.203 e. The molecule has 0 saturated carbocycles. The van der Waals surface area contributed by atoms with Crippen molar-refractivity contribution in [2.45, 2.75) is 20.8 Å². The summed E-state index contributed by atoms with van der Waals surface area (Å²) in [6, 6.07) is 12.4. The summed E-state index contributed by atoms with van der Waals surface area (Å²) in [6.07, 6.45) is 2.84. The molecule has 0 aromatic heterocycles. The molecule has 1 aromatic rings. The zero-order valence-corrected chi connectivity index (χ0v) is 14.0. The zero-order valence-electron chi connectivity index (χ0n) is 13.2. The van der Waals surface area contributed by atoms with E-state index in [-0.39, 0.29) is 15.4 Å². The lowest BCUT2D eigenvalue weighted by atomic mass is 9.93. The normalized spacial score (nSPS) is 16.7. The third-order valence-electron chi connectivity index (χ3n) is 3.46. The second-order valence-electron chi connectivity index (χ2n) is 6.19. The van der Waals surface area contributed by atoms with Crippen molar-refractivity contribution >= 4 is 14.7 Å². The number of hydrogen-bond donors (Lipinski definition) is 0. The average molecular weight is 324 g/mol. The van der Waals surface area contributed by atoms with Crippen LogP contribution in [0.1, 0.15) is 26.3 Å². The van der Waals surface area contributed by atoms with Gasteiger partial charge in [0.1, 0.15) is 17.7 Å². The van der Waals surface area contributed by atoms with Gasteiger partial charge in [-0.15, -0.1) is 0 Å². The summed E-state index contributed by atoms with van der Waals surface area (Å²) in [6.45, 7) is 5.38. The van der Waals surface area contributed by atoms with E-state index in [0.29, 0.717) is 11.1 Å². The maximum atomic E-state index is 13.0. The van der Waals surface area contributed by atoms with Crippen LogP contribution in [0.25, 0.3) is 4.91 Å². The van der Waals surface area contributed by atoms with Gasteiger partial charge in [0.2, 0.25) is 9.84 Å². The van der Waals surface area contributed by atoms with Crippen LogP contribution in [0.3, 0.4) is 0 Å². The van der Waals surface area contributed by atoms with Crippen molar-refractivity contribution in [3.8, 4) is 12.1 Å². The summed E-state index contributed by atoms with van der Waals surface area (Å²) < 4.78 is 26.0. The fourth-order valence-electron chi connectivity index (χ4n) is 2.36. The van der Waals surface area contributed by atoms with E-state index in [0.717, 1.165) is 0 Å². The number of rotatable bonds is 1. The molecule has 5 heteroatoms. The van der Waals surface area contributed by atoms with E-state index < -0.39 is 15.3 Å². The standard InChI is InChI=1S/C18H16N2O2S/c1-18(2,3)17-10-14(15(11-19)12-20)9-16(23(17,21)22)13-7-5-4-6-8-13/h4-10H,1-3H3. The van der Waals surface area contributed by atoms with Crippen LogP contribution < -0.4 is 0 Å². The van der Waals surface area contributed by atoms with E-state index in [9.17, 15) is 8.42 Å². The number of hydrogen-bond acceptors (Lipinski definition) is 4. The van der Waals surface area contributed by atoms with Gasteiger partial charge in [0.25, 0.3) is 0 Å². The number of benzene rings is 1. The van der Waals surface area contributed by atoms with E-state index in [2.05, 4.69) is 0 Å². The first-order valence-corrected chi connectivity index (χ1v) is 8.49. The minimum Gasteiger partial charge on any atom is -0.219 e. The quantitative estimate of drug-likeness (QED) is 0.737. The first kappa shape index (κ1) is 16.7. The molecule has 0 unspecified atom stereocenters. The molecule has 4 nitrogen and oxygen atoms in total. The first-order valence-electron chi connectivity index (χ1n) is 7.00. The van der Waals surface area contributed by atoms with Gasteiger partial charge >= 0.3 is 0 Å². The van der Waals surface area contributed by atoms with E-state index in [4.69, 9.17) is 10.5 Å². The molecular weight excluding hydrogens is 308 g/mol. The fourth-order valence-corrected chi connectivity index (χ4v) is 4.41.